The maximum atomic E-state index is 13.2. The number of fused-ring (bicyclic) bond motifs is 1. The van der Waals surface area contributed by atoms with Crippen LogP contribution in [0.2, 0.25) is 5.02 Å². The van der Waals surface area contributed by atoms with Crippen LogP contribution in [0, 0.1) is 0 Å². The Hall–Kier alpha value is -3.53. The first-order valence-electron chi connectivity index (χ1n) is 12.5. The van der Waals surface area contributed by atoms with Crippen LogP contribution in [-0.2, 0) is 9.47 Å². The van der Waals surface area contributed by atoms with Crippen LogP contribution in [0.15, 0.2) is 36.5 Å². The summed E-state index contributed by atoms with van der Waals surface area (Å²) in [5.74, 6) is -0.0333. The molecule has 1 aromatic carbocycles. The Labute approximate surface area is 227 Å². The molecule has 1 saturated heterocycles. The molecule has 2 aromatic rings. The minimum Gasteiger partial charge on any atom is -0.444 e. The number of anilines is 2. The number of nitrogens with one attached hydrogen (secondary N) is 1. The van der Waals surface area contributed by atoms with Crippen molar-refractivity contribution in [2.45, 2.75) is 58.9 Å². The summed E-state index contributed by atoms with van der Waals surface area (Å²) >= 11 is 6.46. The number of hydrogen-bond donors (Lipinski definition) is 1. The van der Waals surface area contributed by atoms with Crippen molar-refractivity contribution in [2.75, 3.05) is 36.4 Å². The molecule has 38 heavy (non-hydrogen) atoms. The molecule has 0 aliphatic carbocycles. The predicted molar refractivity (Wildman–Crippen MR) is 144 cm³/mol. The highest BCUT2D eigenvalue weighted by molar-refractivity contribution is 6.32. The summed E-state index contributed by atoms with van der Waals surface area (Å²) in [4.78, 5) is 47.9. The Bertz CT molecular complexity index is 1210. The molecule has 1 aromatic heterocycles. The number of imide groups is 1. The lowest BCUT2D eigenvalue weighted by atomic mass is 10.1. The minimum absolute atomic E-state index is 0.311. The Kier molecular flexibility index (Phi) is 7.47. The average Bonchev–Trinajstić information content (AvgIpc) is 3.10. The summed E-state index contributed by atoms with van der Waals surface area (Å²) in [7, 11) is 0. The molecule has 204 valence electrons. The average molecular weight is 544 g/mol. The van der Waals surface area contributed by atoms with Crippen molar-refractivity contribution in [3.8, 4) is 0 Å². The number of amides is 3. The van der Waals surface area contributed by atoms with E-state index in [0.717, 1.165) is 10.6 Å². The summed E-state index contributed by atoms with van der Waals surface area (Å²) in [6.07, 6.45) is -0.244. The van der Waals surface area contributed by atoms with E-state index in [1.165, 1.54) is 0 Å². The third-order valence-electron chi connectivity index (χ3n) is 5.95. The molecule has 3 amide bonds. The van der Waals surface area contributed by atoms with Gasteiger partial charge in [-0.1, -0.05) is 17.7 Å². The molecular formula is C27H34ClN5O5. The van der Waals surface area contributed by atoms with E-state index in [1.807, 2.05) is 26.8 Å². The lowest BCUT2D eigenvalue weighted by molar-refractivity contribution is 0.0203. The first kappa shape index (κ1) is 27.5. The molecule has 1 fully saturated rings. The van der Waals surface area contributed by atoms with E-state index in [0.29, 0.717) is 48.1 Å². The first-order chi connectivity index (χ1) is 17.7. The number of carbonyl (C=O) groups is 3. The van der Waals surface area contributed by atoms with Crippen LogP contribution < -0.4 is 10.2 Å². The molecule has 0 spiro atoms. The van der Waals surface area contributed by atoms with Crippen LogP contribution in [0.4, 0.5) is 21.1 Å². The lowest BCUT2D eigenvalue weighted by Crippen LogP contribution is -2.50. The van der Waals surface area contributed by atoms with E-state index >= 15 is 0 Å². The van der Waals surface area contributed by atoms with Gasteiger partial charge in [0.25, 0.3) is 5.91 Å². The normalized spacial score (nSPS) is 17.8. The van der Waals surface area contributed by atoms with Crippen molar-refractivity contribution in [1.82, 2.24) is 14.8 Å². The lowest BCUT2D eigenvalue weighted by Gasteiger charge is -2.36. The second-order valence-corrected chi connectivity index (χ2v) is 11.7. The molecule has 1 unspecified atom stereocenters. The van der Waals surface area contributed by atoms with Gasteiger partial charge in [-0.3, -0.25) is 4.79 Å². The zero-order chi connectivity index (χ0) is 27.8. The Morgan fingerprint density at radius 1 is 0.947 bits per heavy atom. The van der Waals surface area contributed by atoms with Crippen molar-refractivity contribution < 1.29 is 23.9 Å². The van der Waals surface area contributed by atoms with E-state index in [4.69, 9.17) is 21.1 Å². The topological polar surface area (TPSA) is 104 Å². The van der Waals surface area contributed by atoms with Gasteiger partial charge in [-0.15, -0.1) is 0 Å². The minimum atomic E-state index is -0.878. The van der Waals surface area contributed by atoms with Gasteiger partial charge < -0.3 is 24.6 Å². The largest absolute Gasteiger partial charge is 0.444 e. The highest BCUT2D eigenvalue weighted by Gasteiger charge is 2.44. The van der Waals surface area contributed by atoms with E-state index in [-0.39, 0.29) is 6.09 Å². The highest BCUT2D eigenvalue weighted by atomic mass is 35.5. The van der Waals surface area contributed by atoms with Crippen molar-refractivity contribution >= 4 is 41.2 Å². The fourth-order valence-corrected chi connectivity index (χ4v) is 4.56. The first-order valence-corrected chi connectivity index (χ1v) is 12.9. The molecule has 1 atom stereocenters. The number of nitrogens with zero attached hydrogens (tertiary/aromatic N) is 4. The number of rotatable bonds is 3. The van der Waals surface area contributed by atoms with Crippen molar-refractivity contribution in [1.29, 1.82) is 0 Å². The number of ether oxygens (including phenoxy) is 2. The number of halogens is 1. The molecule has 0 saturated carbocycles. The van der Waals surface area contributed by atoms with Crippen LogP contribution in [0.5, 0.6) is 0 Å². The number of carbonyl (C=O) groups excluding carboxylic acids is 3. The molecular weight excluding hydrogens is 510 g/mol. The predicted octanol–water partition coefficient (Wildman–Crippen LogP) is 5.29. The third-order valence-corrected chi connectivity index (χ3v) is 6.28. The van der Waals surface area contributed by atoms with E-state index in [9.17, 15) is 14.4 Å². The Morgan fingerprint density at radius 3 is 2.16 bits per heavy atom. The quantitative estimate of drug-likeness (QED) is 0.556. The van der Waals surface area contributed by atoms with Gasteiger partial charge in [0.2, 0.25) is 0 Å². The molecule has 3 heterocycles. The van der Waals surface area contributed by atoms with E-state index in [2.05, 4.69) is 15.2 Å². The third kappa shape index (κ3) is 6.12. The van der Waals surface area contributed by atoms with Gasteiger partial charge in [0.1, 0.15) is 23.2 Å². The smallest absolute Gasteiger partial charge is 0.419 e. The van der Waals surface area contributed by atoms with Crippen molar-refractivity contribution in [3.05, 3.63) is 52.7 Å². The SMILES string of the molecule is CC(C)(C)OC(=O)N1CCN(c2ccc(NC3c4c(Cl)cccc4C(=O)N3C(=O)OC(C)(C)C)nc2)CC1. The van der Waals surface area contributed by atoms with Crippen LogP contribution in [0.25, 0.3) is 0 Å². The zero-order valence-corrected chi connectivity index (χ0v) is 23.3. The molecule has 1 N–H and O–H groups in total. The molecule has 4 rings (SSSR count). The fourth-order valence-electron chi connectivity index (χ4n) is 4.29. The Balaban J connectivity index is 1.47. The molecule has 0 bridgehead atoms. The fraction of sp³-hybridized carbons (Fsp3) is 0.481. The molecule has 2 aliphatic heterocycles. The standard InChI is InChI=1S/C27H34ClN5O5/c1-26(2,3)37-24(35)32-14-12-31(13-15-32)17-10-11-20(29-16-17)30-22-21-18(8-7-9-19(21)28)23(34)33(22)25(36)38-27(4,5)6/h7-11,16,22H,12-15H2,1-6H3,(H,29,30). The summed E-state index contributed by atoms with van der Waals surface area (Å²) < 4.78 is 11.0. The van der Waals surface area contributed by atoms with Crippen LogP contribution >= 0.6 is 11.6 Å². The molecule has 0 radical (unpaired) electrons. The number of piperazine rings is 1. The zero-order valence-electron chi connectivity index (χ0n) is 22.6. The summed E-state index contributed by atoms with van der Waals surface area (Å²) in [5, 5.41) is 3.54. The second-order valence-electron chi connectivity index (χ2n) is 11.3. The number of benzene rings is 1. The van der Waals surface area contributed by atoms with E-state index < -0.39 is 29.4 Å². The summed E-state index contributed by atoms with van der Waals surface area (Å²) in [5.41, 5.74) is 0.404. The number of hydrogen-bond acceptors (Lipinski definition) is 8. The highest BCUT2D eigenvalue weighted by Crippen LogP contribution is 2.39. The van der Waals surface area contributed by atoms with Gasteiger partial charge in [0.05, 0.1) is 11.9 Å². The number of aromatic nitrogens is 1. The van der Waals surface area contributed by atoms with Crippen LogP contribution in [0.1, 0.15) is 63.6 Å². The monoisotopic (exact) mass is 543 g/mol. The number of pyridine rings is 1. The van der Waals surface area contributed by atoms with E-state index in [1.54, 1.807) is 56.1 Å². The van der Waals surface area contributed by atoms with Gasteiger partial charge in [0.15, 0.2) is 0 Å². The summed E-state index contributed by atoms with van der Waals surface area (Å²) in [6.45, 7) is 13.1. The van der Waals surface area contributed by atoms with Gasteiger partial charge in [-0.05, 0) is 65.8 Å². The van der Waals surface area contributed by atoms with Crippen LogP contribution in [-0.4, -0.2) is 70.3 Å². The van der Waals surface area contributed by atoms with Gasteiger partial charge >= 0.3 is 12.2 Å². The summed E-state index contributed by atoms with van der Waals surface area (Å²) in [6, 6.07) is 8.66. The maximum Gasteiger partial charge on any atom is 0.419 e. The second kappa shape index (κ2) is 10.3. The maximum absolute atomic E-state index is 13.2. The van der Waals surface area contributed by atoms with Crippen molar-refractivity contribution in [2.24, 2.45) is 0 Å². The van der Waals surface area contributed by atoms with Crippen LogP contribution in [0.3, 0.4) is 0 Å². The molecule has 10 nitrogen and oxygen atoms in total. The Morgan fingerprint density at radius 2 is 1.58 bits per heavy atom. The van der Waals surface area contributed by atoms with Gasteiger partial charge in [-0.25, -0.2) is 19.5 Å². The van der Waals surface area contributed by atoms with Crippen molar-refractivity contribution in [3.63, 3.8) is 0 Å². The molecule has 11 heteroatoms. The van der Waals surface area contributed by atoms with Gasteiger partial charge in [0, 0.05) is 42.3 Å². The van der Waals surface area contributed by atoms with Gasteiger partial charge in [-0.2, -0.15) is 0 Å². The molecule has 2 aliphatic rings.